The molecule has 0 radical (unpaired) electrons. The van der Waals surface area contributed by atoms with Crippen molar-refractivity contribution in [1.29, 1.82) is 0 Å². The molecule has 3 aromatic rings. The van der Waals surface area contributed by atoms with E-state index in [2.05, 4.69) is 33.7 Å². The smallest absolute Gasteiger partial charge is 0.238 e. The molecular formula is C25H29FN4O2. The van der Waals surface area contributed by atoms with E-state index in [0.29, 0.717) is 31.3 Å². The Hall–Kier alpha value is -3.03. The summed E-state index contributed by atoms with van der Waals surface area (Å²) in [6.45, 7) is 3.27. The fourth-order valence-electron chi connectivity index (χ4n) is 4.19. The van der Waals surface area contributed by atoms with Crippen LogP contribution in [0.15, 0.2) is 54.6 Å². The molecule has 0 spiro atoms. The van der Waals surface area contributed by atoms with Gasteiger partial charge in [-0.2, -0.15) is 0 Å². The Morgan fingerprint density at radius 2 is 1.97 bits per heavy atom. The number of nitrogens with one attached hydrogen (secondary N) is 2. The van der Waals surface area contributed by atoms with Gasteiger partial charge in [0.25, 0.3) is 0 Å². The van der Waals surface area contributed by atoms with E-state index < -0.39 is 0 Å². The van der Waals surface area contributed by atoms with E-state index in [0.717, 1.165) is 42.8 Å². The van der Waals surface area contributed by atoms with Crippen LogP contribution in [0, 0.1) is 5.82 Å². The number of likely N-dealkylation sites (tertiary alicyclic amines) is 1. The van der Waals surface area contributed by atoms with Crippen LogP contribution in [0.1, 0.15) is 24.5 Å². The molecular weight excluding hydrogens is 407 g/mol. The molecule has 4 rings (SSSR count). The predicted octanol–water partition coefficient (Wildman–Crippen LogP) is 4.25. The zero-order chi connectivity index (χ0) is 22.3. The number of anilines is 2. The Bertz CT molecular complexity index is 1070. The topological polar surface area (TPSA) is 66.5 Å². The number of benzene rings is 2. The SMILES string of the molecule is COCCNc1nc(C2CCN(CC(=O)Nc3cccc(F)c3)CC2)cc2ccccc12. The van der Waals surface area contributed by atoms with Crippen molar-refractivity contribution in [1.82, 2.24) is 9.88 Å². The molecule has 6 nitrogen and oxygen atoms in total. The molecule has 2 heterocycles. The van der Waals surface area contributed by atoms with E-state index >= 15 is 0 Å². The van der Waals surface area contributed by atoms with Crippen molar-refractivity contribution in [3.63, 3.8) is 0 Å². The Morgan fingerprint density at radius 3 is 2.75 bits per heavy atom. The number of methoxy groups -OCH3 is 1. The lowest BCUT2D eigenvalue weighted by molar-refractivity contribution is -0.117. The normalized spacial score (nSPS) is 15.1. The molecule has 1 aromatic heterocycles. The molecule has 1 amide bonds. The Labute approximate surface area is 187 Å². The van der Waals surface area contributed by atoms with Crippen LogP contribution >= 0.6 is 0 Å². The molecule has 7 heteroatoms. The highest BCUT2D eigenvalue weighted by Crippen LogP contribution is 2.31. The molecule has 0 saturated carbocycles. The molecule has 1 aliphatic rings. The van der Waals surface area contributed by atoms with Gasteiger partial charge in [-0.05, 0) is 55.6 Å². The van der Waals surface area contributed by atoms with Crippen molar-refractivity contribution in [3.8, 4) is 0 Å². The van der Waals surface area contributed by atoms with Gasteiger partial charge in [-0.1, -0.05) is 30.3 Å². The summed E-state index contributed by atoms with van der Waals surface area (Å²) in [5, 5.41) is 8.46. The summed E-state index contributed by atoms with van der Waals surface area (Å²) in [4.78, 5) is 19.4. The standard InChI is InChI=1S/C25H29FN4O2/c1-32-14-11-27-25-22-8-3-2-5-19(22)15-23(29-25)18-9-12-30(13-10-18)17-24(31)28-21-7-4-6-20(26)16-21/h2-8,15-16,18H,9-14,17H2,1H3,(H,27,29)(H,28,31). The van der Waals surface area contributed by atoms with Gasteiger partial charge in [0.2, 0.25) is 5.91 Å². The number of rotatable bonds is 8. The minimum Gasteiger partial charge on any atom is -0.383 e. The molecule has 0 unspecified atom stereocenters. The van der Waals surface area contributed by atoms with Crippen molar-refractivity contribution in [2.75, 3.05) is 50.5 Å². The van der Waals surface area contributed by atoms with Crippen molar-refractivity contribution in [2.45, 2.75) is 18.8 Å². The second-order valence-corrected chi connectivity index (χ2v) is 8.15. The summed E-state index contributed by atoms with van der Waals surface area (Å²) in [5.74, 6) is 0.766. The van der Waals surface area contributed by atoms with Crippen molar-refractivity contribution in [2.24, 2.45) is 0 Å². The van der Waals surface area contributed by atoms with Crippen LogP contribution in [-0.2, 0) is 9.53 Å². The minimum absolute atomic E-state index is 0.123. The van der Waals surface area contributed by atoms with Gasteiger partial charge < -0.3 is 15.4 Å². The third-order valence-corrected chi connectivity index (χ3v) is 5.84. The van der Waals surface area contributed by atoms with Crippen LogP contribution in [0.2, 0.25) is 0 Å². The van der Waals surface area contributed by atoms with Crippen molar-refractivity contribution >= 4 is 28.2 Å². The second kappa shape index (κ2) is 10.5. The van der Waals surface area contributed by atoms with Crippen molar-refractivity contribution < 1.29 is 13.9 Å². The molecule has 0 bridgehead atoms. The van der Waals surface area contributed by atoms with E-state index in [-0.39, 0.29) is 11.7 Å². The molecule has 1 saturated heterocycles. The zero-order valence-corrected chi connectivity index (χ0v) is 18.3. The van der Waals surface area contributed by atoms with Crippen LogP contribution in [0.5, 0.6) is 0 Å². The molecule has 32 heavy (non-hydrogen) atoms. The minimum atomic E-state index is -0.359. The number of aromatic nitrogens is 1. The number of hydrogen-bond donors (Lipinski definition) is 2. The van der Waals surface area contributed by atoms with Crippen LogP contribution in [0.4, 0.5) is 15.9 Å². The maximum absolute atomic E-state index is 13.3. The quantitative estimate of drug-likeness (QED) is 0.517. The van der Waals surface area contributed by atoms with Crippen LogP contribution in [0.25, 0.3) is 10.8 Å². The van der Waals surface area contributed by atoms with Gasteiger partial charge >= 0.3 is 0 Å². The second-order valence-electron chi connectivity index (χ2n) is 8.15. The zero-order valence-electron chi connectivity index (χ0n) is 18.3. The number of fused-ring (bicyclic) bond motifs is 1. The molecule has 0 aliphatic carbocycles. The summed E-state index contributed by atoms with van der Waals surface area (Å²) < 4.78 is 18.5. The van der Waals surface area contributed by atoms with E-state index in [9.17, 15) is 9.18 Å². The number of piperidine rings is 1. The average Bonchev–Trinajstić information content (AvgIpc) is 2.79. The first-order chi connectivity index (χ1) is 15.6. The maximum Gasteiger partial charge on any atom is 0.238 e. The molecule has 2 aromatic carbocycles. The molecule has 0 atom stereocenters. The van der Waals surface area contributed by atoms with Crippen LogP contribution in [0.3, 0.4) is 0 Å². The number of amides is 1. The number of carbonyl (C=O) groups is 1. The molecule has 168 valence electrons. The average molecular weight is 437 g/mol. The third-order valence-electron chi connectivity index (χ3n) is 5.84. The monoisotopic (exact) mass is 436 g/mol. The number of hydrogen-bond acceptors (Lipinski definition) is 5. The summed E-state index contributed by atoms with van der Waals surface area (Å²) >= 11 is 0. The lowest BCUT2D eigenvalue weighted by Gasteiger charge is -2.31. The number of halogens is 1. The number of nitrogens with zero attached hydrogens (tertiary/aromatic N) is 2. The van der Waals surface area contributed by atoms with Gasteiger partial charge in [0.1, 0.15) is 11.6 Å². The van der Waals surface area contributed by atoms with Gasteiger partial charge in [0.05, 0.1) is 13.2 Å². The highest BCUT2D eigenvalue weighted by atomic mass is 19.1. The van der Waals surface area contributed by atoms with Gasteiger partial charge in [0.15, 0.2) is 0 Å². The van der Waals surface area contributed by atoms with E-state index in [1.54, 1.807) is 19.2 Å². The third kappa shape index (κ3) is 5.60. The largest absolute Gasteiger partial charge is 0.383 e. The van der Waals surface area contributed by atoms with Crippen molar-refractivity contribution in [3.05, 3.63) is 66.1 Å². The fourth-order valence-corrected chi connectivity index (χ4v) is 4.19. The van der Waals surface area contributed by atoms with E-state index in [1.165, 1.54) is 17.5 Å². The van der Waals surface area contributed by atoms with Gasteiger partial charge in [-0.15, -0.1) is 0 Å². The fraction of sp³-hybridized carbons (Fsp3) is 0.360. The van der Waals surface area contributed by atoms with E-state index in [1.807, 2.05) is 12.1 Å². The summed E-state index contributed by atoms with van der Waals surface area (Å²) in [7, 11) is 1.69. The van der Waals surface area contributed by atoms with Crippen LogP contribution < -0.4 is 10.6 Å². The Morgan fingerprint density at radius 1 is 1.16 bits per heavy atom. The lowest BCUT2D eigenvalue weighted by atomic mass is 9.92. The summed E-state index contributed by atoms with van der Waals surface area (Å²) in [6, 6.07) is 16.4. The number of ether oxygens (including phenoxy) is 1. The van der Waals surface area contributed by atoms with Gasteiger partial charge in [0, 0.05) is 36.3 Å². The lowest BCUT2D eigenvalue weighted by Crippen LogP contribution is -2.38. The first-order valence-electron chi connectivity index (χ1n) is 11.0. The number of carbonyl (C=O) groups excluding carboxylic acids is 1. The van der Waals surface area contributed by atoms with E-state index in [4.69, 9.17) is 9.72 Å². The highest BCUT2D eigenvalue weighted by molar-refractivity contribution is 5.93. The Kier molecular flexibility index (Phi) is 7.29. The number of pyridine rings is 1. The summed E-state index contributed by atoms with van der Waals surface area (Å²) in [6.07, 6.45) is 1.88. The Balaban J connectivity index is 1.37. The van der Waals surface area contributed by atoms with Gasteiger partial charge in [-0.3, -0.25) is 9.69 Å². The maximum atomic E-state index is 13.3. The van der Waals surface area contributed by atoms with Gasteiger partial charge in [-0.25, -0.2) is 9.37 Å². The first kappa shape index (κ1) is 22.2. The highest BCUT2D eigenvalue weighted by Gasteiger charge is 2.24. The first-order valence-corrected chi connectivity index (χ1v) is 11.0. The summed E-state index contributed by atoms with van der Waals surface area (Å²) in [5.41, 5.74) is 1.58. The molecule has 1 aliphatic heterocycles. The molecule has 1 fully saturated rings. The van der Waals surface area contributed by atoms with Crippen LogP contribution in [-0.4, -0.2) is 55.7 Å². The molecule has 2 N–H and O–H groups in total. The predicted molar refractivity (Wildman–Crippen MR) is 126 cm³/mol.